The van der Waals surface area contributed by atoms with E-state index in [0.29, 0.717) is 18.0 Å². The number of esters is 1. The second-order valence-corrected chi connectivity index (χ2v) is 6.18. The van der Waals surface area contributed by atoms with E-state index in [-0.39, 0.29) is 17.1 Å². The third kappa shape index (κ3) is 5.13. The van der Waals surface area contributed by atoms with Crippen molar-refractivity contribution in [1.82, 2.24) is 4.90 Å². The van der Waals surface area contributed by atoms with Crippen molar-refractivity contribution in [2.45, 2.75) is 13.5 Å². The molecule has 8 heteroatoms. The van der Waals surface area contributed by atoms with Crippen molar-refractivity contribution in [1.29, 1.82) is 0 Å². The highest BCUT2D eigenvalue weighted by Gasteiger charge is 2.20. The molecule has 6 nitrogen and oxygen atoms in total. The molecule has 0 aromatic heterocycles. The smallest absolute Gasteiger partial charge is 0.343 e. The minimum absolute atomic E-state index is 0.0740. The van der Waals surface area contributed by atoms with Gasteiger partial charge in [-0.3, -0.25) is 4.79 Å². The van der Waals surface area contributed by atoms with E-state index in [4.69, 9.17) is 25.8 Å². The van der Waals surface area contributed by atoms with Crippen molar-refractivity contribution < 1.29 is 28.2 Å². The molecule has 0 saturated carbocycles. The predicted molar refractivity (Wildman–Crippen MR) is 102 cm³/mol. The van der Waals surface area contributed by atoms with Crippen LogP contribution in [0.5, 0.6) is 11.5 Å². The third-order valence-corrected chi connectivity index (χ3v) is 4.36. The lowest BCUT2D eigenvalue weighted by Gasteiger charge is -2.21. The number of amides is 1. The first-order valence-electron chi connectivity index (χ1n) is 8.51. The van der Waals surface area contributed by atoms with Crippen LogP contribution in [0, 0.1) is 5.82 Å². The Kier molecular flexibility index (Phi) is 7.63. The summed E-state index contributed by atoms with van der Waals surface area (Å²) >= 11 is 5.83. The van der Waals surface area contributed by atoms with E-state index in [1.54, 1.807) is 19.1 Å². The van der Waals surface area contributed by atoms with Gasteiger partial charge in [-0.15, -0.1) is 0 Å². The molecule has 0 N–H and O–H groups in total. The molecule has 0 aliphatic carbocycles. The summed E-state index contributed by atoms with van der Waals surface area (Å²) in [6.45, 7) is 1.96. The molecule has 0 saturated heterocycles. The molecule has 0 aliphatic rings. The summed E-state index contributed by atoms with van der Waals surface area (Å²) in [6, 6.07) is 9.16. The molecule has 1 amide bonds. The largest absolute Gasteiger partial charge is 0.493 e. The number of halogens is 2. The Balaban J connectivity index is 2.03. The summed E-state index contributed by atoms with van der Waals surface area (Å²) in [5.41, 5.74) is 0.427. The average molecular weight is 410 g/mol. The molecule has 0 radical (unpaired) electrons. The molecule has 0 fully saturated rings. The summed E-state index contributed by atoms with van der Waals surface area (Å²) in [4.78, 5) is 26.0. The number of carbonyl (C=O) groups is 2. The van der Waals surface area contributed by atoms with Gasteiger partial charge < -0.3 is 19.1 Å². The van der Waals surface area contributed by atoms with Crippen molar-refractivity contribution >= 4 is 23.5 Å². The fourth-order valence-corrected chi connectivity index (χ4v) is 2.80. The van der Waals surface area contributed by atoms with Crippen LogP contribution in [0.4, 0.5) is 4.39 Å². The number of hydrogen-bond acceptors (Lipinski definition) is 5. The van der Waals surface area contributed by atoms with Crippen LogP contribution in [0.1, 0.15) is 22.8 Å². The third-order valence-electron chi connectivity index (χ3n) is 4.05. The maximum absolute atomic E-state index is 13.8. The van der Waals surface area contributed by atoms with Crippen LogP contribution in [-0.4, -0.2) is 44.1 Å². The van der Waals surface area contributed by atoms with E-state index < -0.39 is 24.3 Å². The first kappa shape index (κ1) is 21.5. The Morgan fingerprint density at radius 3 is 2.43 bits per heavy atom. The minimum atomic E-state index is -0.987. The molecule has 2 aromatic rings. The minimum Gasteiger partial charge on any atom is -0.493 e. The Morgan fingerprint density at radius 2 is 1.82 bits per heavy atom. The number of benzene rings is 2. The maximum Gasteiger partial charge on any atom is 0.343 e. The first-order valence-corrected chi connectivity index (χ1v) is 8.88. The lowest BCUT2D eigenvalue weighted by molar-refractivity contribution is -0.135. The highest BCUT2D eigenvalue weighted by Crippen LogP contribution is 2.28. The molecule has 150 valence electrons. The van der Waals surface area contributed by atoms with Crippen LogP contribution in [0.2, 0.25) is 5.02 Å². The predicted octanol–water partition coefficient (Wildman–Crippen LogP) is 3.70. The first-order chi connectivity index (χ1) is 13.4. The van der Waals surface area contributed by atoms with Gasteiger partial charge in [-0.05, 0) is 36.8 Å². The molecule has 0 spiro atoms. The molecule has 28 heavy (non-hydrogen) atoms. The lowest BCUT2D eigenvalue weighted by atomic mass is 10.2. The normalized spacial score (nSPS) is 10.3. The Bertz CT molecular complexity index is 838. The SMILES string of the molecule is CCN(Cc1ccc(OC)c(OC)c1)C(=O)COC(=O)c1c(F)cccc1Cl. The number of likely N-dealkylation sites (N-methyl/N-ethyl adjacent to an activating group) is 1. The van der Waals surface area contributed by atoms with Gasteiger partial charge >= 0.3 is 5.97 Å². The number of nitrogens with zero attached hydrogens (tertiary/aromatic N) is 1. The van der Waals surface area contributed by atoms with Gasteiger partial charge in [0.25, 0.3) is 5.91 Å². The van der Waals surface area contributed by atoms with E-state index >= 15 is 0 Å². The van der Waals surface area contributed by atoms with E-state index in [2.05, 4.69) is 0 Å². The van der Waals surface area contributed by atoms with Gasteiger partial charge in [0, 0.05) is 13.1 Å². The molecule has 0 bridgehead atoms. The summed E-state index contributed by atoms with van der Waals surface area (Å²) < 4.78 is 29.2. The monoisotopic (exact) mass is 409 g/mol. The van der Waals surface area contributed by atoms with Gasteiger partial charge in [0.05, 0.1) is 19.2 Å². The topological polar surface area (TPSA) is 65.1 Å². The fourth-order valence-electron chi connectivity index (χ4n) is 2.56. The lowest BCUT2D eigenvalue weighted by Crippen LogP contribution is -2.34. The second kappa shape index (κ2) is 9.94. The number of methoxy groups -OCH3 is 2. The van der Waals surface area contributed by atoms with Crippen LogP contribution in [0.3, 0.4) is 0 Å². The van der Waals surface area contributed by atoms with Crippen molar-refractivity contribution in [3.05, 3.63) is 58.4 Å². The Labute approximate surface area is 167 Å². The zero-order valence-corrected chi connectivity index (χ0v) is 16.6. The number of ether oxygens (including phenoxy) is 3. The molecule has 2 aromatic carbocycles. The van der Waals surface area contributed by atoms with E-state index in [1.165, 1.54) is 31.3 Å². The molecule has 0 aliphatic heterocycles. The van der Waals surface area contributed by atoms with Crippen molar-refractivity contribution in [3.8, 4) is 11.5 Å². The second-order valence-electron chi connectivity index (χ2n) is 5.77. The van der Waals surface area contributed by atoms with E-state index in [1.807, 2.05) is 6.07 Å². The van der Waals surface area contributed by atoms with Gasteiger partial charge in [-0.2, -0.15) is 0 Å². The van der Waals surface area contributed by atoms with Gasteiger partial charge in [-0.25, -0.2) is 9.18 Å². The molecule has 0 heterocycles. The van der Waals surface area contributed by atoms with Gasteiger partial charge in [0.15, 0.2) is 18.1 Å². The van der Waals surface area contributed by atoms with Gasteiger partial charge in [0.1, 0.15) is 11.4 Å². The zero-order chi connectivity index (χ0) is 20.7. The Morgan fingerprint density at radius 1 is 1.11 bits per heavy atom. The fraction of sp³-hybridized carbons (Fsp3) is 0.300. The quantitative estimate of drug-likeness (QED) is 0.622. The van der Waals surface area contributed by atoms with Crippen LogP contribution < -0.4 is 9.47 Å². The molecule has 0 unspecified atom stereocenters. The van der Waals surface area contributed by atoms with Crippen LogP contribution in [0.15, 0.2) is 36.4 Å². The van der Waals surface area contributed by atoms with Gasteiger partial charge in [-0.1, -0.05) is 23.7 Å². The van der Waals surface area contributed by atoms with Crippen molar-refractivity contribution in [3.63, 3.8) is 0 Å². The van der Waals surface area contributed by atoms with Crippen molar-refractivity contribution in [2.75, 3.05) is 27.4 Å². The van der Waals surface area contributed by atoms with Crippen molar-refractivity contribution in [2.24, 2.45) is 0 Å². The standard InChI is InChI=1S/C20H21ClFNO5/c1-4-23(11-13-8-9-16(26-2)17(10-13)27-3)18(24)12-28-20(25)19-14(21)6-5-7-15(19)22/h5-10H,4,11-12H2,1-3H3. The number of rotatable bonds is 8. The summed E-state index contributed by atoms with van der Waals surface area (Å²) in [7, 11) is 3.06. The van der Waals surface area contributed by atoms with Crippen LogP contribution >= 0.6 is 11.6 Å². The number of hydrogen-bond donors (Lipinski definition) is 0. The summed E-state index contributed by atoms with van der Waals surface area (Å²) in [5, 5.41) is -0.0740. The average Bonchev–Trinajstić information content (AvgIpc) is 2.69. The molecular weight excluding hydrogens is 389 g/mol. The van der Waals surface area contributed by atoms with E-state index in [9.17, 15) is 14.0 Å². The summed E-state index contributed by atoms with van der Waals surface area (Å²) in [6.07, 6.45) is 0. The molecule has 2 rings (SSSR count). The van der Waals surface area contributed by atoms with Crippen LogP contribution in [-0.2, 0) is 16.1 Å². The molecule has 0 atom stereocenters. The van der Waals surface area contributed by atoms with E-state index in [0.717, 1.165) is 11.6 Å². The Hall–Kier alpha value is -2.80. The zero-order valence-electron chi connectivity index (χ0n) is 15.8. The van der Waals surface area contributed by atoms with Crippen LogP contribution in [0.25, 0.3) is 0 Å². The number of carbonyl (C=O) groups excluding carboxylic acids is 2. The molecular formula is C20H21ClFNO5. The highest BCUT2D eigenvalue weighted by molar-refractivity contribution is 6.33. The van der Waals surface area contributed by atoms with Gasteiger partial charge in [0.2, 0.25) is 0 Å². The highest BCUT2D eigenvalue weighted by atomic mass is 35.5. The maximum atomic E-state index is 13.8. The summed E-state index contributed by atoms with van der Waals surface area (Å²) in [5.74, 6) is -1.08.